The summed E-state index contributed by atoms with van der Waals surface area (Å²) in [6.45, 7) is 23.4. The highest BCUT2D eigenvalue weighted by atomic mass is 31.1. The van der Waals surface area contributed by atoms with Gasteiger partial charge >= 0.3 is 0 Å². The van der Waals surface area contributed by atoms with E-state index < -0.39 is 0 Å². The summed E-state index contributed by atoms with van der Waals surface area (Å²) < 4.78 is 0. The van der Waals surface area contributed by atoms with Crippen LogP contribution in [0.5, 0.6) is 0 Å². The lowest BCUT2D eigenvalue weighted by atomic mass is 9.75. The van der Waals surface area contributed by atoms with Crippen molar-refractivity contribution < 1.29 is 0 Å². The first-order valence-electron chi connectivity index (χ1n) is 11.3. The highest BCUT2D eigenvalue weighted by Crippen LogP contribution is 2.36. The molecule has 1 aromatic rings. The predicted octanol–water partition coefficient (Wildman–Crippen LogP) is 7.02. The average Bonchev–Trinajstić information content (AvgIpc) is 3.04. The van der Waals surface area contributed by atoms with E-state index in [4.69, 9.17) is 0 Å². The van der Waals surface area contributed by atoms with Gasteiger partial charge in [0.25, 0.3) is 0 Å². The van der Waals surface area contributed by atoms with Crippen LogP contribution in [0.2, 0.25) is 0 Å². The minimum Gasteiger partial charge on any atom is -0.306 e. The standard InChI is InChI=1S/C28H44NP/c1-19(29(11)12)22-15-13-14-20(22)18-30-25-23(27(5,6)7)16-21(26(2,3)4)17-24(25)28(8,9)10/h13-19,22H,1-12H3/t19-,22?/m0/s1. The molecule has 2 atom stereocenters. The number of nitrogens with zero attached hydrogens (tertiary/aromatic N) is 1. The molecule has 0 saturated carbocycles. The van der Waals surface area contributed by atoms with Crippen molar-refractivity contribution >= 4 is 19.3 Å². The molecule has 0 N–H and O–H groups in total. The maximum Gasteiger partial charge on any atom is 0.0178 e. The number of allylic oxidation sites excluding steroid dienone is 2. The van der Waals surface area contributed by atoms with Crippen LogP contribution in [0, 0.1) is 5.92 Å². The topological polar surface area (TPSA) is 3.24 Å². The molecular weight excluding hydrogens is 381 g/mol. The summed E-state index contributed by atoms with van der Waals surface area (Å²) in [5, 5.41) is 1.49. The minimum absolute atomic E-state index is 0.107. The van der Waals surface area contributed by atoms with Gasteiger partial charge < -0.3 is 4.90 Å². The zero-order chi connectivity index (χ0) is 23.1. The van der Waals surface area contributed by atoms with Crippen LogP contribution in [0.15, 0.2) is 35.9 Å². The van der Waals surface area contributed by atoms with Gasteiger partial charge in [-0.25, -0.2) is 0 Å². The molecule has 30 heavy (non-hydrogen) atoms. The normalized spacial score (nSPS) is 19.1. The second-order valence-electron chi connectivity index (χ2n) is 12.2. The van der Waals surface area contributed by atoms with Crippen LogP contribution in [-0.2, 0) is 16.2 Å². The van der Waals surface area contributed by atoms with E-state index in [0.29, 0.717) is 12.0 Å². The molecule has 1 unspecified atom stereocenters. The van der Waals surface area contributed by atoms with E-state index in [9.17, 15) is 0 Å². The SMILES string of the molecule is C[C@@H](C1C=CC=C1C=Pc1c(C(C)(C)C)cc(C(C)(C)C)cc1C(C)(C)C)N(C)C. The molecule has 1 aliphatic carbocycles. The third-order valence-corrected chi connectivity index (χ3v) is 7.43. The quantitative estimate of drug-likeness (QED) is 0.469. The molecule has 1 aliphatic rings. The van der Waals surface area contributed by atoms with E-state index in [1.165, 1.54) is 35.8 Å². The summed E-state index contributed by atoms with van der Waals surface area (Å²) in [6.07, 6.45) is 6.88. The first-order valence-corrected chi connectivity index (χ1v) is 12.3. The monoisotopic (exact) mass is 425 g/mol. The zero-order valence-electron chi connectivity index (χ0n) is 21.5. The molecule has 0 spiro atoms. The Morgan fingerprint density at radius 3 is 1.77 bits per heavy atom. The first-order chi connectivity index (χ1) is 13.5. The van der Waals surface area contributed by atoms with Crippen LogP contribution in [-0.4, -0.2) is 30.8 Å². The highest BCUT2D eigenvalue weighted by molar-refractivity contribution is 7.48. The molecule has 0 radical (unpaired) electrons. The fraction of sp³-hybridized carbons (Fsp3) is 0.607. The summed E-state index contributed by atoms with van der Waals surface area (Å²) in [5.74, 6) is 2.93. The molecule has 0 aliphatic heterocycles. The van der Waals surface area contributed by atoms with Crippen LogP contribution in [0.4, 0.5) is 0 Å². The van der Waals surface area contributed by atoms with Gasteiger partial charge in [-0.2, -0.15) is 0 Å². The number of hydrogen-bond acceptors (Lipinski definition) is 1. The zero-order valence-corrected chi connectivity index (χ0v) is 22.4. The van der Waals surface area contributed by atoms with E-state index in [-0.39, 0.29) is 16.2 Å². The van der Waals surface area contributed by atoms with Crippen LogP contribution in [0.3, 0.4) is 0 Å². The lowest BCUT2D eigenvalue weighted by molar-refractivity contribution is 0.280. The van der Waals surface area contributed by atoms with Crippen molar-refractivity contribution in [3.8, 4) is 0 Å². The summed E-state index contributed by atoms with van der Waals surface area (Å²) in [7, 11) is 5.65. The molecule has 2 rings (SSSR count). The summed E-state index contributed by atoms with van der Waals surface area (Å²) in [6, 6.07) is 5.45. The van der Waals surface area contributed by atoms with E-state index in [1.54, 1.807) is 0 Å². The van der Waals surface area contributed by atoms with Gasteiger partial charge in [0, 0.05) is 17.3 Å². The lowest BCUT2D eigenvalue weighted by Gasteiger charge is -2.32. The molecule has 0 saturated heterocycles. The van der Waals surface area contributed by atoms with Gasteiger partial charge in [0.15, 0.2) is 0 Å². The Kier molecular flexibility index (Phi) is 7.32. The van der Waals surface area contributed by atoms with E-state index in [0.717, 1.165) is 0 Å². The molecule has 0 amide bonds. The maximum absolute atomic E-state index is 2.48. The first kappa shape index (κ1) is 25.1. The van der Waals surface area contributed by atoms with Crippen molar-refractivity contribution in [1.29, 1.82) is 0 Å². The summed E-state index contributed by atoms with van der Waals surface area (Å²) >= 11 is 0. The van der Waals surface area contributed by atoms with Gasteiger partial charge in [-0.1, -0.05) is 101 Å². The molecule has 2 heteroatoms. The van der Waals surface area contributed by atoms with Gasteiger partial charge in [-0.3, -0.25) is 0 Å². The third-order valence-electron chi connectivity index (χ3n) is 6.26. The van der Waals surface area contributed by atoms with Crippen molar-refractivity contribution in [3.05, 3.63) is 52.6 Å². The Hall–Kier alpha value is -1.17. The highest BCUT2D eigenvalue weighted by Gasteiger charge is 2.29. The Bertz CT molecular complexity index is 813. The van der Waals surface area contributed by atoms with Crippen LogP contribution >= 0.6 is 8.20 Å². The van der Waals surface area contributed by atoms with Crippen molar-refractivity contribution in [3.63, 3.8) is 0 Å². The molecular formula is C28H44NP. The Morgan fingerprint density at radius 2 is 1.37 bits per heavy atom. The third kappa shape index (κ3) is 5.74. The molecule has 166 valence electrons. The van der Waals surface area contributed by atoms with E-state index in [1.807, 2.05) is 0 Å². The fourth-order valence-corrected chi connectivity index (χ4v) is 5.50. The smallest absolute Gasteiger partial charge is 0.0178 e. The number of hydrogen-bond donors (Lipinski definition) is 0. The van der Waals surface area contributed by atoms with Crippen LogP contribution < -0.4 is 5.30 Å². The van der Waals surface area contributed by atoms with Gasteiger partial charge in [0.1, 0.15) is 0 Å². The summed E-state index contributed by atoms with van der Waals surface area (Å²) in [5.41, 5.74) is 6.22. The average molecular weight is 426 g/mol. The van der Waals surface area contributed by atoms with E-state index in [2.05, 4.69) is 124 Å². The lowest BCUT2D eigenvalue weighted by Crippen LogP contribution is -2.32. The Morgan fingerprint density at radius 1 is 0.867 bits per heavy atom. The maximum atomic E-state index is 2.48. The molecule has 0 bridgehead atoms. The molecule has 0 aromatic heterocycles. The fourth-order valence-electron chi connectivity index (χ4n) is 3.89. The summed E-state index contributed by atoms with van der Waals surface area (Å²) in [4.78, 5) is 2.32. The predicted molar refractivity (Wildman–Crippen MR) is 139 cm³/mol. The van der Waals surface area contributed by atoms with Gasteiger partial charge in [0.05, 0.1) is 0 Å². The molecule has 0 heterocycles. The van der Waals surface area contributed by atoms with Crippen LogP contribution in [0.25, 0.3) is 0 Å². The Labute approximate surface area is 188 Å². The molecule has 1 nitrogen and oxygen atoms in total. The van der Waals surface area contributed by atoms with Crippen molar-refractivity contribution in [2.24, 2.45) is 5.92 Å². The number of rotatable bonds is 4. The minimum atomic E-state index is 0.107. The van der Waals surface area contributed by atoms with E-state index >= 15 is 0 Å². The molecule has 0 fully saturated rings. The Balaban J connectivity index is 2.65. The number of benzene rings is 1. The second-order valence-corrected chi connectivity index (χ2v) is 13.2. The van der Waals surface area contributed by atoms with Gasteiger partial charge in [-0.15, -0.1) is 0 Å². The van der Waals surface area contributed by atoms with Crippen LogP contribution in [0.1, 0.15) is 85.9 Å². The van der Waals surface area contributed by atoms with Gasteiger partial charge in [-0.05, 0) is 65.3 Å². The van der Waals surface area contributed by atoms with Gasteiger partial charge in [0.2, 0.25) is 0 Å². The van der Waals surface area contributed by atoms with Crippen molar-refractivity contribution in [1.82, 2.24) is 4.90 Å². The van der Waals surface area contributed by atoms with Crippen molar-refractivity contribution in [2.45, 2.75) is 91.5 Å². The second kappa shape index (κ2) is 8.76. The van der Waals surface area contributed by atoms with Crippen molar-refractivity contribution in [2.75, 3.05) is 14.1 Å². The largest absolute Gasteiger partial charge is 0.306 e. The molecule has 1 aromatic carbocycles.